The lowest BCUT2D eigenvalue weighted by Crippen LogP contribution is -2.65. The zero-order valence-electron chi connectivity index (χ0n) is 31.8. The Morgan fingerprint density at radius 1 is 0.615 bits per heavy atom. The van der Waals surface area contributed by atoms with E-state index in [1.807, 2.05) is 0 Å². The second-order valence-electron chi connectivity index (χ2n) is 14.8. The van der Waals surface area contributed by atoms with E-state index in [9.17, 15) is 45.6 Å². The molecule has 52 heavy (non-hydrogen) atoms. The van der Waals surface area contributed by atoms with Crippen molar-refractivity contribution in [2.45, 2.75) is 216 Å². The predicted molar refractivity (Wildman–Crippen MR) is 194 cm³/mol. The molecule has 308 valence electrons. The smallest absolute Gasteiger partial charge is 0.220 e. The third kappa shape index (κ3) is 16.8. The fraction of sp³-hybridized carbons (Fsp3) is 0.974. The molecule has 2 aliphatic rings. The summed E-state index contributed by atoms with van der Waals surface area (Å²) in [5, 5.41) is 85.9. The Morgan fingerprint density at radius 3 is 1.63 bits per heavy atom. The fourth-order valence-electron chi connectivity index (χ4n) is 6.88. The van der Waals surface area contributed by atoms with Crippen LogP contribution in [0.1, 0.15) is 142 Å². The standard InChI is InChI=1S/C38H73NO13/c1-3-5-7-9-10-11-12-13-14-15-16-17-18-19-21-27(42)26(39-30(43)22-20-8-6-4-2)25-49-37-35(48)33(46)36(29(24-41)51-37)52-38-34(47)32(45)31(44)28(23-40)50-38/h26-29,31-38,40-42,44-48H,3-25H2,1-2H3,(H,39,43). The van der Waals surface area contributed by atoms with Gasteiger partial charge < -0.3 is 65.1 Å². The van der Waals surface area contributed by atoms with Crippen molar-refractivity contribution in [3.05, 3.63) is 0 Å². The maximum Gasteiger partial charge on any atom is 0.220 e. The SMILES string of the molecule is CCCCCCCCCCCCCCCCC(O)C(COC1OC(CO)C(OC2OC(CO)C(O)C(O)C2O)C(O)C1O)NC(=O)CCCCCC. The number of hydrogen-bond donors (Lipinski definition) is 9. The van der Waals surface area contributed by atoms with E-state index in [2.05, 4.69) is 19.2 Å². The van der Waals surface area contributed by atoms with Crippen molar-refractivity contribution in [1.29, 1.82) is 0 Å². The Hall–Kier alpha value is -1.01. The molecule has 2 saturated heterocycles. The van der Waals surface area contributed by atoms with Crippen LogP contribution >= 0.6 is 0 Å². The lowest BCUT2D eigenvalue weighted by molar-refractivity contribution is -0.359. The number of amides is 1. The number of aliphatic hydroxyl groups excluding tert-OH is 8. The van der Waals surface area contributed by atoms with Crippen LogP contribution in [0.4, 0.5) is 0 Å². The van der Waals surface area contributed by atoms with Gasteiger partial charge in [0, 0.05) is 6.42 Å². The monoisotopic (exact) mass is 752 g/mol. The highest BCUT2D eigenvalue weighted by molar-refractivity contribution is 5.76. The van der Waals surface area contributed by atoms with Gasteiger partial charge in [-0.25, -0.2) is 0 Å². The molecule has 12 unspecified atom stereocenters. The summed E-state index contributed by atoms with van der Waals surface area (Å²) in [6, 6.07) is -0.816. The molecule has 0 aliphatic carbocycles. The summed E-state index contributed by atoms with van der Waals surface area (Å²) in [6.07, 6.45) is 4.79. The minimum Gasteiger partial charge on any atom is -0.394 e. The van der Waals surface area contributed by atoms with Crippen LogP contribution in [0.25, 0.3) is 0 Å². The summed E-state index contributed by atoms with van der Waals surface area (Å²) in [5.74, 6) is -0.226. The van der Waals surface area contributed by atoms with Gasteiger partial charge >= 0.3 is 0 Å². The Balaban J connectivity index is 1.87. The average Bonchev–Trinajstić information content (AvgIpc) is 3.14. The molecule has 2 fully saturated rings. The van der Waals surface area contributed by atoms with Crippen LogP contribution in [0.3, 0.4) is 0 Å². The first kappa shape index (κ1) is 47.1. The molecule has 0 aromatic heterocycles. The van der Waals surface area contributed by atoms with Crippen LogP contribution in [-0.2, 0) is 23.7 Å². The third-order valence-electron chi connectivity index (χ3n) is 10.3. The van der Waals surface area contributed by atoms with E-state index >= 15 is 0 Å². The molecule has 0 aromatic rings. The van der Waals surface area contributed by atoms with Crippen molar-refractivity contribution in [3.8, 4) is 0 Å². The van der Waals surface area contributed by atoms with Crippen molar-refractivity contribution >= 4 is 5.91 Å². The van der Waals surface area contributed by atoms with Crippen LogP contribution in [-0.4, -0.2) is 140 Å². The predicted octanol–water partition coefficient (Wildman–Crippen LogP) is 2.31. The lowest BCUT2D eigenvalue weighted by Gasteiger charge is -2.46. The van der Waals surface area contributed by atoms with E-state index < -0.39 is 86.8 Å². The highest BCUT2D eigenvalue weighted by Crippen LogP contribution is 2.30. The number of hydrogen-bond acceptors (Lipinski definition) is 13. The van der Waals surface area contributed by atoms with Crippen LogP contribution in [0.5, 0.6) is 0 Å². The highest BCUT2D eigenvalue weighted by Gasteiger charge is 2.50. The van der Waals surface area contributed by atoms with E-state index in [-0.39, 0.29) is 12.5 Å². The number of carbonyl (C=O) groups is 1. The third-order valence-corrected chi connectivity index (χ3v) is 10.3. The van der Waals surface area contributed by atoms with Crippen molar-refractivity contribution in [2.24, 2.45) is 0 Å². The molecule has 9 N–H and O–H groups in total. The van der Waals surface area contributed by atoms with Gasteiger partial charge in [0.25, 0.3) is 0 Å². The Morgan fingerprint density at radius 2 is 1.10 bits per heavy atom. The maximum absolute atomic E-state index is 12.8. The number of rotatable bonds is 29. The minimum atomic E-state index is -1.77. The zero-order valence-corrected chi connectivity index (χ0v) is 31.8. The van der Waals surface area contributed by atoms with Crippen molar-refractivity contribution in [2.75, 3.05) is 19.8 Å². The van der Waals surface area contributed by atoms with Crippen LogP contribution in [0.15, 0.2) is 0 Å². The van der Waals surface area contributed by atoms with E-state index in [0.29, 0.717) is 19.3 Å². The van der Waals surface area contributed by atoms with Crippen molar-refractivity contribution in [3.63, 3.8) is 0 Å². The van der Waals surface area contributed by atoms with Gasteiger partial charge in [-0.15, -0.1) is 0 Å². The summed E-state index contributed by atoms with van der Waals surface area (Å²) < 4.78 is 22.5. The second-order valence-corrected chi connectivity index (χ2v) is 14.8. The van der Waals surface area contributed by atoms with E-state index in [4.69, 9.17) is 18.9 Å². The van der Waals surface area contributed by atoms with Gasteiger partial charge in [0.1, 0.15) is 48.8 Å². The molecule has 2 heterocycles. The molecule has 14 heteroatoms. The molecular weight excluding hydrogens is 678 g/mol. The summed E-state index contributed by atoms with van der Waals surface area (Å²) in [6.45, 7) is 2.68. The van der Waals surface area contributed by atoms with Gasteiger partial charge in [0.15, 0.2) is 12.6 Å². The van der Waals surface area contributed by atoms with Gasteiger partial charge in [-0.3, -0.25) is 4.79 Å². The summed E-state index contributed by atoms with van der Waals surface area (Å²) in [5.41, 5.74) is 0. The molecule has 12 atom stereocenters. The number of unbranched alkanes of at least 4 members (excludes halogenated alkanes) is 16. The first-order valence-electron chi connectivity index (χ1n) is 20.3. The molecule has 2 aliphatic heterocycles. The molecule has 0 bridgehead atoms. The fourth-order valence-corrected chi connectivity index (χ4v) is 6.88. The Labute approximate surface area is 311 Å². The molecular formula is C38H73NO13. The number of nitrogens with one attached hydrogen (secondary N) is 1. The number of ether oxygens (including phenoxy) is 4. The quantitative estimate of drug-likeness (QED) is 0.0501. The lowest BCUT2D eigenvalue weighted by atomic mass is 9.97. The maximum atomic E-state index is 12.8. The van der Waals surface area contributed by atoms with Crippen molar-refractivity contribution in [1.82, 2.24) is 5.32 Å². The molecule has 2 rings (SSSR count). The van der Waals surface area contributed by atoms with Gasteiger partial charge in [-0.2, -0.15) is 0 Å². The first-order chi connectivity index (χ1) is 25.1. The van der Waals surface area contributed by atoms with Gasteiger partial charge in [-0.1, -0.05) is 123 Å². The Bertz CT molecular complexity index is 899. The topological polar surface area (TPSA) is 228 Å². The Kier molecular flexibility index (Phi) is 25.0. The first-order valence-corrected chi connectivity index (χ1v) is 20.3. The van der Waals surface area contributed by atoms with Crippen LogP contribution in [0, 0.1) is 0 Å². The minimum absolute atomic E-state index is 0.226. The van der Waals surface area contributed by atoms with Gasteiger partial charge in [-0.05, 0) is 12.8 Å². The average molecular weight is 752 g/mol. The number of aliphatic hydroxyl groups is 8. The van der Waals surface area contributed by atoms with E-state index in [0.717, 1.165) is 44.9 Å². The zero-order chi connectivity index (χ0) is 38.3. The summed E-state index contributed by atoms with van der Waals surface area (Å²) in [4.78, 5) is 12.8. The molecule has 14 nitrogen and oxygen atoms in total. The van der Waals surface area contributed by atoms with E-state index in [1.165, 1.54) is 64.2 Å². The molecule has 0 radical (unpaired) electrons. The van der Waals surface area contributed by atoms with Crippen molar-refractivity contribution < 1.29 is 64.6 Å². The molecule has 0 aromatic carbocycles. The number of carbonyl (C=O) groups excluding carboxylic acids is 1. The van der Waals surface area contributed by atoms with Crippen LogP contribution < -0.4 is 5.32 Å². The second kappa shape index (κ2) is 27.6. The molecule has 1 amide bonds. The largest absolute Gasteiger partial charge is 0.394 e. The van der Waals surface area contributed by atoms with Gasteiger partial charge in [0.2, 0.25) is 5.91 Å². The summed E-state index contributed by atoms with van der Waals surface area (Å²) in [7, 11) is 0. The van der Waals surface area contributed by atoms with E-state index in [1.54, 1.807) is 0 Å². The van der Waals surface area contributed by atoms with Crippen LogP contribution in [0.2, 0.25) is 0 Å². The molecule has 0 spiro atoms. The van der Waals surface area contributed by atoms with Gasteiger partial charge in [0.05, 0.1) is 32.0 Å². The normalized spacial score (nSPS) is 30.7. The molecule has 0 saturated carbocycles. The summed E-state index contributed by atoms with van der Waals surface area (Å²) >= 11 is 0. The highest BCUT2D eigenvalue weighted by atomic mass is 16.7.